The van der Waals surface area contributed by atoms with Crippen molar-refractivity contribution < 1.29 is 0 Å². The molecule has 0 N–H and O–H groups in total. The minimum absolute atomic E-state index is 0.565. The van der Waals surface area contributed by atoms with Crippen molar-refractivity contribution in [2.75, 3.05) is 11.9 Å². The van der Waals surface area contributed by atoms with Crippen LogP contribution in [0.1, 0.15) is 11.1 Å². The summed E-state index contributed by atoms with van der Waals surface area (Å²) in [7, 11) is 2.09. The van der Waals surface area contributed by atoms with E-state index < -0.39 is 0 Å². The molecule has 0 aliphatic heterocycles. The molecule has 0 radical (unpaired) electrons. The number of rotatable bonds is 4. The summed E-state index contributed by atoms with van der Waals surface area (Å²) in [6, 6.07) is 16.7. The van der Waals surface area contributed by atoms with E-state index in [1.807, 2.05) is 6.07 Å². The quantitative estimate of drug-likeness (QED) is 0.729. The summed E-state index contributed by atoms with van der Waals surface area (Å²) in [5.41, 5.74) is 3.63. The van der Waals surface area contributed by atoms with Crippen LogP contribution in [0.5, 0.6) is 0 Å². The molecule has 0 bridgehead atoms. The normalized spacial score (nSPS) is 10.4. The highest BCUT2D eigenvalue weighted by molar-refractivity contribution is 9.10. The second-order valence-corrected chi connectivity index (χ2v) is 5.47. The number of hydrogen-bond donors (Lipinski definition) is 0. The molecule has 0 aliphatic carbocycles. The highest BCUT2D eigenvalue weighted by Gasteiger charge is 2.02. The molecule has 3 heteroatoms. The maximum Gasteiger partial charge on any atom is 0.0474 e. The lowest BCUT2D eigenvalue weighted by atomic mass is 10.2. The van der Waals surface area contributed by atoms with Crippen molar-refractivity contribution in [3.05, 3.63) is 64.1 Å². The summed E-state index contributed by atoms with van der Waals surface area (Å²) in [5, 5.41) is 0. The second kappa shape index (κ2) is 6.26. The Hall–Kier alpha value is -0.990. The SMILES string of the molecule is CN(Cc1cccc(Br)c1)c1ccc(CCl)cc1. The number of anilines is 1. The van der Waals surface area contributed by atoms with E-state index in [1.165, 1.54) is 11.3 Å². The molecule has 0 amide bonds. The Balaban J connectivity index is 2.09. The molecule has 0 saturated carbocycles. The van der Waals surface area contributed by atoms with E-state index >= 15 is 0 Å². The van der Waals surface area contributed by atoms with Crippen LogP contribution in [0.15, 0.2) is 53.0 Å². The van der Waals surface area contributed by atoms with Crippen LogP contribution < -0.4 is 4.90 Å². The standard InChI is InChI=1S/C15H15BrClN/c1-18(11-13-3-2-4-14(16)9-13)15-7-5-12(10-17)6-8-15/h2-9H,10-11H2,1H3. The predicted octanol–water partition coefficient (Wildman–Crippen LogP) is 4.82. The largest absolute Gasteiger partial charge is 0.370 e. The zero-order valence-electron chi connectivity index (χ0n) is 10.2. The molecule has 18 heavy (non-hydrogen) atoms. The number of hydrogen-bond acceptors (Lipinski definition) is 1. The van der Waals surface area contributed by atoms with Gasteiger partial charge in [0.25, 0.3) is 0 Å². The predicted molar refractivity (Wildman–Crippen MR) is 82.2 cm³/mol. The van der Waals surface area contributed by atoms with Gasteiger partial charge in [-0.3, -0.25) is 0 Å². The molecule has 0 aliphatic rings. The van der Waals surface area contributed by atoms with Gasteiger partial charge in [0, 0.05) is 29.6 Å². The average molecular weight is 325 g/mol. The van der Waals surface area contributed by atoms with Crippen molar-refractivity contribution in [3.8, 4) is 0 Å². The van der Waals surface area contributed by atoms with Gasteiger partial charge >= 0.3 is 0 Å². The van der Waals surface area contributed by atoms with Crippen LogP contribution in [0.4, 0.5) is 5.69 Å². The summed E-state index contributed by atoms with van der Waals surface area (Å²) in [6.07, 6.45) is 0. The van der Waals surface area contributed by atoms with E-state index in [0.29, 0.717) is 5.88 Å². The first-order chi connectivity index (χ1) is 8.69. The topological polar surface area (TPSA) is 3.24 Å². The molecule has 0 heterocycles. The van der Waals surface area contributed by atoms with Gasteiger partial charge in [-0.05, 0) is 35.4 Å². The minimum atomic E-state index is 0.565. The van der Waals surface area contributed by atoms with Gasteiger partial charge in [0.1, 0.15) is 0 Å². The number of halogens is 2. The van der Waals surface area contributed by atoms with E-state index in [1.54, 1.807) is 0 Å². The summed E-state index contributed by atoms with van der Waals surface area (Å²) < 4.78 is 1.12. The van der Waals surface area contributed by atoms with Crippen molar-refractivity contribution in [3.63, 3.8) is 0 Å². The molecule has 1 nitrogen and oxygen atoms in total. The Morgan fingerprint density at radius 1 is 1.06 bits per heavy atom. The van der Waals surface area contributed by atoms with Crippen molar-refractivity contribution in [2.45, 2.75) is 12.4 Å². The van der Waals surface area contributed by atoms with Gasteiger partial charge in [-0.15, -0.1) is 11.6 Å². The Morgan fingerprint density at radius 3 is 2.39 bits per heavy atom. The minimum Gasteiger partial charge on any atom is -0.370 e. The molecule has 0 unspecified atom stereocenters. The lowest BCUT2D eigenvalue weighted by Gasteiger charge is -2.19. The molecule has 0 fully saturated rings. The third-order valence-corrected chi connectivity index (χ3v) is 3.64. The van der Waals surface area contributed by atoms with Crippen LogP contribution in [-0.4, -0.2) is 7.05 Å². The van der Waals surface area contributed by atoms with E-state index in [9.17, 15) is 0 Å². The van der Waals surface area contributed by atoms with Crippen molar-refractivity contribution in [2.24, 2.45) is 0 Å². The van der Waals surface area contributed by atoms with Crippen LogP contribution in [0.3, 0.4) is 0 Å². The molecule has 0 spiro atoms. The highest BCUT2D eigenvalue weighted by Crippen LogP contribution is 2.19. The zero-order valence-corrected chi connectivity index (χ0v) is 12.6. The molecule has 2 aromatic carbocycles. The van der Waals surface area contributed by atoms with Gasteiger partial charge in [-0.2, -0.15) is 0 Å². The van der Waals surface area contributed by atoms with Gasteiger partial charge < -0.3 is 4.90 Å². The van der Waals surface area contributed by atoms with Crippen LogP contribution in [0, 0.1) is 0 Å². The molecular weight excluding hydrogens is 310 g/mol. The zero-order chi connectivity index (χ0) is 13.0. The van der Waals surface area contributed by atoms with Crippen molar-refractivity contribution >= 4 is 33.2 Å². The van der Waals surface area contributed by atoms with Gasteiger partial charge in [0.15, 0.2) is 0 Å². The molecule has 0 aromatic heterocycles. The van der Waals surface area contributed by atoms with Crippen molar-refractivity contribution in [1.29, 1.82) is 0 Å². The van der Waals surface area contributed by atoms with E-state index in [2.05, 4.69) is 70.3 Å². The van der Waals surface area contributed by atoms with Gasteiger partial charge in [0.2, 0.25) is 0 Å². The first-order valence-corrected chi connectivity index (χ1v) is 7.12. The number of nitrogens with zero attached hydrogens (tertiary/aromatic N) is 1. The Labute approximate surface area is 122 Å². The summed E-state index contributed by atoms with van der Waals surface area (Å²) in [4.78, 5) is 2.22. The molecule has 0 atom stereocenters. The fourth-order valence-corrected chi connectivity index (χ4v) is 2.46. The van der Waals surface area contributed by atoms with E-state index in [4.69, 9.17) is 11.6 Å². The lowest BCUT2D eigenvalue weighted by molar-refractivity contribution is 0.922. The Morgan fingerprint density at radius 2 is 1.78 bits per heavy atom. The van der Waals surface area contributed by atoms with Crippen molar-refractivity contribution in [1.82, 2.24) is 0 Å². The third-order valence-electron chi connectivity index (χ3n) is 2.84. The fourth-order valence-electron chi connectivity index (χ4n) is 1.84. The smallest absolute Gasteiger partial charge is 0.0474 e. The maximum absolute atomic E-state index is 5.79. The third kappa shape index (κ3) is 3.50. The average Bonchev–Trinajstić information content (AvgIpc) is 2.39. The summed E-state index contributed by atoms with van der Waals surface area (Å²) >= 11 is 9.28. The van der Waals surface area contributed by atoms with Gasteiger partial charge in [-0.1, -0.05) is 40.2 Å². The Kier molecular flexibility index (Phi) is 4.67. The molecule has 2 aromatic rings. The van der Waals surface area contributed by atoms with Gasteiger partial charge in [0.05, 0.1) is 0 Å². The van der Waals surface area contributed by atoms with E-state index in [0.717, 1.165) is 16.6 Å². The molecule has 94 valence electrons. The van der Waals surface area contributed by atoms with Crippen LogP contribution >= 0.6 is 27.5 Å². The lowest BCUT2D eigenvalue weighted by Crippen LogP contribution is -2.16. The first-order valence-electron chi connectivity index (χ1n) is 5.79. The van der Waals surface area contributed by atoms with Crippen LogP contribution in [-0.2, 0) is 12.4 Å². The number of alkyl halides is 1. The highest BCUT2D eigenvalue weighted by atomic mass is 79.9. The second-order valence-electron chi connectivity index (χ2n) is 4.29. The first kappa shape index (κ1) is 13.4. The maximum atomic E-state index is 5.79. The molecular formula is C15H15BrClN. The van der Waals surface area contributed by atoms with Crippen LogP contribution in [0.2, 0.25) is 0 Å². The van der Waals surface area contributed by atoms with E-state index in [-0.39, 0.29) is 0 Å². The molecule has 2 rings (SSSR count). The number of benzene rings is 2. The summed E-state index contributed by atoms with van der Waals surface area (Å²) in [6.45, 7) is 0.889. The molecule has 0 saturated heterocycles. The fraction of sp³-hybridized carbons (Fsp3) is 0.200. The monoisotopic (exact) mass is 323 g/mol. The summed E-state index contributed by atoms with van der Waals surface area (Å²) in [5.74, 6) is 0.565. The van der Waals surface area contributed by atoms with Crippen LogP contribution in [0.25, 0.3) is 0 Å². The van der Waals surface area contributed by atoms with Gasteiger partial charge in [-0.25, -0.2) is 0 Å². The Bertz CT molecular complexity index is 510.